The molecule has 1 heterocycles. The van der Waals surface area contributed by atoms with Gasteiger partial charge in [0, 0.05) is 6.42 Å². The van der Waals surface area contributed by atoms with E-state index in [9.17, 15) is 0 Å². The van der Waals surface area contributed by atoms with Crippen molar-refractivity contribution in [2.24, 2.45) is 0 Å². The summed E-state index contributed by atoms with van der Waals surface area (Å²) in [6, 6.07) is 11.8. The number of nitrogens with one attached hydrogen (secondary N) is 1. The number of hydrogen-bond acceptors (Lipinski definition) is 1. The van der Waals surface area contributed by atoms with Crippen molar-refractivity contribution in [3.8, 4) is 0 Å². The molecule has 0 amide bonds. The van der Waals surface area contributed by atoms with Crippen molar-refractivity contribution >= 4 is 34.2 Å². The number of aromatic amines is 1. The number of imidazole rings is 1. The van der Waals surface area contributed by atoms with Gasteiger partial charge in [-0.25, -0.2) is 4.98 Å². The van der Waals surface area contributed by atoms with Crippen LogP contribution < -0.4 is 0 Å². The zero-order chi connectivity index (χ0) is 13.4. The second-order valence-electron chi connectivity index (χ2n) is 4.58. The summed E-state index contributed by atoms with van der Waals surface area (Å²) < 4.78 is 0. The molecule has 3 aromatic rings. The van der Waals surface area contributed by atoms with E-state index in [1.807, 2.05) is 30.3 Å². The van der Waals surface area contributed by atoms with Crippen LogP contribution in [0.25, 0.3) is 11.0 Å². The van der Waals surface area contributed by atoms with Crippen LogP contribution in [0.5, 0.6) is 0 Å². The molecule has 0 bridgehead atoms. The molecule has 1 N–H and O–H groups in total. The molecule has 96 valence electrons. The van der Waals surface area contributed by atoms with E-state index in [0.717, 1.165) is 22.4 Å². The fourth-order valence-corrected chi connectivity index (χ4v) is 2.47. The van der Waals surface area contributed by atoms with Gasteiger partial charge in [0.25, 0.3) is 0 Å². The van der Waals surface area contributed by atoms with Crippen LogP contribution >= 0.6 is 23.2 Å². The van der Waals surface area contributed by atoms with Crippen molar-refractivity contribution in [1.29, 1.82) is 0 Å². The molecule has 1 aromatic heterocycles. The van der Waals surface area contributed by atoms with E-state index in [1.165, 1.54) is 5.56 Å². The van der Waals surface area contributed by atoms with Gasteiger partial charge in [-0.15, -0.1) is 0 Å². The first kappa shape index (κ1) is 12.5. The maximum Gasteiger partial charge on any atom is 0.111 e. The van der Waals surface area contributed by atoms with Gasteiger partial charge in [-0.2, -0.15) is 0 Å². The number of halogens is 2. The lowest BCUT2D eigenvalue weighted by molar-refractivity contribution is 1.04. The molecule has 4 heteroatoms. The van der Waals surface area contributed by atoms with Crippen LogP contribution in [-0.4, -0.2) is 9.97 Å². The largest absolute Gasteiger partial charge is 0.342 e. The molecule has 0 saturated heterocycles. The molecule has 0 aliphatic heterocycles. The standard InChI is InChI=1S/C15H12Cl2N2/c1-9-3-2-4-13-15(9)19-14(18-13)8-10-5-6-11(16)12(17)7-10/h2-7H,8H2,1H3,(H,18,19). The molecule has 19 heavy (non-hydrogen) atoms. The van der Waals surface area contributed by atoms with Crippen LogP contribution in [0.1, 0.15) is 17.0 Å². The Morgan fingerprint density at radius 1 is 1.11 bits per heavy atom. The third-order valence-electron chi connectivity index (χ3n) is 3.12. The third kappa shape index (κ3) is 2.46. The predicted octanol–water partition coefficient (Wildman–Crippen LogP) is 4.77. The fraction of sp³-hybridized carbons (Fsp3) is 0.133. The third-order valence-corrected chi connectivity index (χ3v) is 3.86. The van der Waals surface area contributed by atoms with Gasteiger partial charge < -0.3 is 4.98 Å². The first-order valence-electron chi connectivity index (χ1n) is 6.01. The number of nitrogens with zero attached hydrogens (tertiary/aromatic N) is 1. The van der Waals surface area contributed by atoms with E-state index in [2.05, 4.69) is 23.0 Å². The Hall–Kier alpha value is -1.51. The highest BCUT2D eigenvalue weighted by molar-refractivity contribution is 6.42. The maximum absolute atomic E-state index is 6.02. The fourth-order valence-electron chi connectivity index (χ4n) is 2.15. The maximum atomic E-state index is 6.02. The minimum absolute atomic E-state index is 0.575. The van der Waals surface area contributed by atoms with Crippen LogP contribution in [0, 0.1) is 6.92 Å². The molecule has 0 spiro atoms. The summed E-state index contributed by atoms with van der Waals surface area (Å²) in [4.78, 5) is 7.96. The minimum Gasteiger partial charge on any atom is -0.342 e. The monoisotopic (exact) mass is 290 g/mol. The zero-order valence-corrected chi connectivity index (χ0v) is 11.9. The topological polar surface area (TPSA) is 28.7 Å². The van der Waals surface area contributed by atoms with Crippen molar-refractivity contribution in [3.63, 3.8) is 0 Å². The highest BCUT2D eigenvalue weighted by atomic mass is 35.5. The lowest BCUT2D eigenvalue weighted by Gasteiger charge is -2.00. The normalized spacial score (nSPS) is 11.1. The molecular weight excluding hydrogens is 279 g/mol. The first-order valence-corrected chi connectivity index (χ1v) is 6.77. The van der Waals surface area contributed by atoms with Crippen molar-refractivity contribution in [2.75, 3.05) is 0 Å². The lowest BCUT2D eigenvalue weighted by atomic mass is 10.1. The molecule has 0 saturated carbocycles. The van der Waals surface area contributed by atoms with E-state index in [-0.39, 0.29) is 0 Å². The molecule has 0 fully saturated rings. The van der Waals surface area contributed by atoms with Crippen LogP contribution in [0.4, 0.5) is 0 Å². The summed E-state index contributed by atoms with van der Waals surface area (Å²) in [5.41, 5.74) is 4.35. The highest BCUT2D eigenvalue weighted by Crippen LogP contribution is 2.24. The van der Waals surface area contributed by atoms with Crippen molar-refractivity contribution in [3.05, 3.63) is 63.4 Å². The molecule has 0 radical (unpaired) electrons. The highest BCUT2D eigenvalue weighted by Gasteiger charge is 2.06. The Morgan fingerprint density at radius 3 is 2.68 bits per heavy atom. The van der Waals surface area contributed by atoms with Gasteiger partial charge in [-0.1, -0.05) is 41.4 Å². The number of para-hydroxylation sites is 1. The summed E-state index contributed by atoms with van der Waals surface area (Å²) in [5.74, 6) is 0.933. The Labute approximate surface area is 121 Å². The Balaban J connectivity index is 1.96. The SMILES string of the molecule is Cc1cccc2[nH]c(Cc3ccc(Cl)c(Cl)c3)nc12. The Morgan fingerprint density at radius 2 is 1.95 bits per heavy atom. The Bertz CT molecular complexity index is 747. The molecule has 2 nitrogen and oxygen atoms in total. The molecule has 0 aliphatic carbocycles. The van der Waals surface area contributed by atoms with Crippen LogP contribution in [-0.2, 0) is 6.42 Å². The van der Waals surface area contributed by atoms with Gasteiger partial charge in [0.1, 0.15) is 5.82 Å². The van der Waals surface area contributed by atoms with Gasteiger partial charge in [0.2, 0.25) is 0 Å². The summed E-state index contributed by atoms with van der Waals surface area (Å²) in [5, 5.41) is 1.15. The average Bonchev–Trinajstić information content (AvgIpc) is 2.78. The van der Waals surface area contributed by atoms with Gasteiger partial charge in [-0.3, -0.25) is 0 Å². The summed E-state index contributed by atoms with van der Waals surface area (Å²) in [6.45, 7) is 2.06. The number of aryl methyl sites for hydroxylation is 1. The van der Waals surface area contributed by atoms with Crippen molar-refractivity contribution in [2.45, 2.75) is 13.3 Å². The second kappa shape index (κ2) is 4.87. The number of H-pyrrole nitrogens is 1. The quantitative estimate of drug-likeness (QED) is 0.724. The molecule has 0 unspecified atom stereocenters. The summed E-state index contributed by atoms with van der Waals surface area (Å²) in [6.07, 6.45) is 0.713. The number of rotatable bonds is 2. The average molecular weight is 291 g/mol. The van der Waals surface area contributed by atoms with E-state index in [0.29, 0.717) is 16.5 Å². The summed E-state index contributed by atoms with van der Waals surface area (Å²) in [7, 11) is 0. The van der Waals surface area contributed by atoms with E-state index < -0.39 is 0 Å². The van der Waals surface area contributed by atoms with Crippen LogP contribution in [0.15, 0.2) is 36.4 Å². The molecular formula is C15H12Cl2N2. The van der Waals surface area contributed by atoms with E-state index >= 15 is 0 Å². The summed E-state index contributed by atoms with van der Waals surface area (Å²) >= 11 is 11.9. The second-order valence-corrected chi connectivity index (χ2v) is 5.39. The van der Waals surface area contributed by atoms with Gasteiger partial charge in [0.15, 0.2) is 0 Å². The number of aromatic nitrogens is 2. The Kier molecular flexibility index (Phi) is 3.21. The van der Waals surface area contributed by atoms with E-state index in [4.69, 9.17) is 23.2 Å². The van der Waals surface area contributed by atoms with E-state index in [1.54, 1.807) is 0 Å². The van der Waals surface area contributed by atoms with Gasteiger partial charge in [-0.05, 0) is 36.2 Å². The molecule has 2 aromatic carbocycles. The number of hydrogen-bond donors (Lipinski definition) is 1. The zero-order valence-electron chi connectivity index (χ0n) is 10.4. The number of fused-ring (bicyclic) bond motifs is 1. The first-order chi connectivity index (χ1) is 9.13. The lowest BCUT2D eigenvalue weighted by Crippen LogP contribution is -1.90. The number of benzene rings is 2. The smallest absolute Gasteiger partial charge is 0.111 e. The predicted molar refractivity (Wildman–Crippen MR) is 80.1 cm³/mol. The minimum atomic E-state index is 0.575. The van der Waals surface area contributed by atoms with Gasteiger partial charge >= 0.3 is 0 Å². The molecule has 3 rings (SSSR count). The van der Waals surface area contributed by atoms with Crippen molar-refractivity contribution in [1.82, 2.24) is 9.97 Å². The van der Waals surface area contributed by atoms with Crippen LogP contribution in [0.3, 0.4) is 0 Å². The molecule has 0 atom stereocenters. The van der Waals surface area contributed by atoms with Crippen molar-refractivity contribution < 1.29 is 0 Å². The van der Waals surface area contributed by atoms with Crippen LogP contribution in [0.2, 0.25) is 10.0 Å². The molecule has 0 aliphatic rings. The van der Waals surface area contributed by atoms with Gasteiger partial charge in [0.05, 0.1) is 21.1 Å².